The van der Waals surface area contributed by atoms with E-state index in [-0.39, 0.29) is 12.5 Å². The molecule has 3 aromatic carbocycles. The number of anilines is 2. The highest BCUT2D eigenvalue weighted by Gasteiger charge is 2.06. The van der Waals surface area contributed by atoms with Gasteiger partial charge in [0.15, 0.2) is 0 Å². The molecule has 0 unspecified atom stereocenters. The molecule has 150 valence electrons. The van der Waals surface area contributed by atoms with Gasteiger partial charge in [0.2, 0.25) is 5.91 Å². The van der Waals surface area contributed by atoms with Crippen LogP contribution >= 0.6 is 0 Å². The Hall–Kier alpha value is -3.47. The Balaban J connectivity index is 1.39. The summed E-state index contributed by atoms with van der Waals surface area (Å²) in [5.41, 5.74) is 3.94. The Morgan fingerprint density at radius 1 is 0.793 bits per heavy atom. The summed E-state index contributed by atoms with van der Waals surface area (Å²) in [7, 11) is 0. The van der Waals surface area contributed by atoms with Crippen LogP contribution in [0.4, 0.5) is 11.4 Å². The van der Waals surface area contributed by atoms with Crippen LogP contribution in [0.15, 0.2) is 72.8 Å². The van der Waals surface area contributed by atoms with E-state index in [1.54, 1.807) is 0 Å². The summed E-state index contributed by atoms with van der Waals surface area (Å²) in [5.74, 6) is 1.50. The summed E-state index contributed by atoms with van der Waals surface area (Å²) >= 11 is 0. The molecule has 0 spiro atoms. The van der Waals surface area contributed by atoms with Crippen molar-refractivity contribution in [3.05, 3.63) is 83.9 Å². The first-order valence-electron chi connectivity index (χ1n) is 9.62. The van der Waals surface area contributed by atoms with Gasteiger partial charge in [-0.3, -0.25) is 4.79 Å². The molecule has 3 rings (SSSR count). The molecule has 0 aliphatic carbocycles. The minimum Gasteiger partial charge on any atom is -0.490 e. The summed E-state index contributed by atoms with van der Waals surface area (Å²) in [6.45, 7) is 5.16. The van der Waals surface area contributed by atoms with Crippen molar-refractivity contribution >= 4 is 17.3 Å². The number of para-hydroxylation sites is 1. The van der Waals surface area contributed by atoms with E-state index < -0.39 is 0 Å². The quantitative estimate of drug-likeness (QED) is 0.515. The topological polar surface area (TPSA) is 59.6 Å². The van der Waals surface area contributed by atoms with Crippen LogP contribution in [-0.4, -0.2) is 25.7 Å². The summed E-state index contributed by atoms with van der Waals surface area (Å²) < 4.78 is 11.3. The third-order valence-corrected chi connectivity index (χ3v) is 4.55. The second kappa shape index (κ2) is 10.2. The molecule has 1 amide bonds. The molecule has 5 heteroatoms. The predicted octanol–water partition coefficient (Wildman–Crippen LogP) is 4.81. The van der Waals surface area contributed by atoms with E-state index >= 15 is 0 Å². The van der Waals surface area contributed by atoms with Crippen molar-refractivity contribution in [3.63, 3.8) is 0 Å². The van der Waals surface area contributed by atoms with Crippen LogP contribution in [0.2, 0.25) is 0 Å². The Morgan fingerprint density at radius 3 is 2.14 bits per heavy atom. The van der Waals surface area contributed by atoms with Crippen LogP contribution in [0.25, 0.3) is 0 Å². The van der Waals surface area contributed by atoms with Gasteiger partial charge >= 0.3 is 0 Å². The maximum absolute atomic E-state index is 12.2. The third-order valence-electron chi connectivity index (χ3n) is 4.55. The second-order valence-corrected chi connectivity index (χ2v) is 6.68. The lowest BCUT2D eigenvalue weighted by Gasteiger charge is -2.12. The zero-order chi connectivity index (χ0) is 20.5. The van der Waals surface area contributed by atoms with Crippen molar-refractivity contribution in [2.24, 2.45) is 0 Å². The van der Waals surface area contributed by atoms with Gasteiger partial charge < -0.3 is 20.1 Å². The van der Waals surface area contributed by atoms with Crippen LogP contribution in [0, 0.1) is 13.8 Å². The average Bonchev–Trinajstić information content (AvgIpc) is 2.75. The van der Waals surface area contributed by atoms with Crippen molar-refractivity contribution in [1.29, 1.82) is 0 Å². The highest BCUT2D eigenvalue weighted by atomic mass is 16.5. The Morgan fingerprint density at radius 2 is 1.45 bits per heavy atom. The molecule has 0 saturated heterocycles. The fourth-order valence-corrected chi connectivity index (χ4v) is 2.77. The van der Waals surface area contributed by atoms with E-state index in [9.17, 15) is 4.79 Å². The van der Waals surface area contributed by atoms with E-state index in [2.05, 4.69) is 10.6 Å². The van der Waals surface area contributed by atoms with E-state index in [1.165, 1.54) is 0 Å². The van der Waals surface area contributed by atoms with E-state index in [0.29, 0.717) is 13.2 Å². The maximum atomic E-state index is 12.2. The highest BCUT2D eigenvalue weighted by molar-refractivity contribution is 5.94. The summed E-state index contributed by atoms with van der Waals surface area (Å²) in [4.78, 5) is 12.2. The molecular formula is C24H26N2O3. The maximum Gasteiger partial charge on any atom is 0.243 e. The fourth-order valence-electron chi connectivity index (χ4n) is 2.77. The lowest BCUT2D eigenvalue weighted by Crippen LogP contribution is -2.22. The molecule has 0 radical (unpaired) electrons. The first-order valence-corrected chi connectivity index (χ1v) is 9.62. The number of nitrogens with one attached hydrogen (secondary N) is 2. The van der Waals surface area contributed by atoms with Gasteiger partial charge in [-0.25, -0.2) is 0 Å². The van der Waals surface area contributed by atoms with Crippen molar-refractivity contribution in [3.8, 4) is 11.5 Å². The molecule has 0 aliphatic rings. The van der Waals surface area contributed by atoms with Crippen molar-refractivity contribution in [1.82, 2.24) is 0 Å². The molecular weight excluding hydrogens is 364 g/mol. The van der Waals surface area contributed by atoms with Crippen LogP contribution in [0.5, 0.6) is 11.5 Å². The van der Waals surface area contributed by atoms with E-state index in [1.807, 2.05) is 86.6 Å². The number of rotatable bonds is 9. The summed E-state index contributed by atoms with van der Waals surface area (Å²) in [5, 5.41) is 6.06. The third kappa shape index (κ3) is 6.28. The monoisotopic (exact) mass is 390 g/mol. The van der Waals surface area contributed by atoms with Gasteiger partial charge in [-0.1, -0.05) is 30.3 Å². The van der Waals surface area contributed by atoms with Gasteiger partial charge in [0.05, 0.1) is 6.54 Å². The molecule has 0 bridgehead atoms. The Kier molecular flexibility index (Phi) is 7.11. The van der Waals surface area contributed by atoms with E-state index in [4.69, 9.17) is 9.47 Å². The number of hydrogen-bond acceptors (Lipinski definition) is 4. The standard InChI is InChI=1S/C24H26N2O3/c1-18-7-6-10-23(19(18)2)26-24(27)17-25-20-11-13-22(14-12-20)29-16-15-28-21-8-4-3-5-9-21/h3-14,25H,15-17H2,1-2H3,(H,26,27). The molecule has 2 N–H and O–H groups in total. The number of carbonyl (C=O) groups excluding carboxylic acids is 1. The predicted molar refractivity (Wildman–Crippen MR) is 117 cm³/mol. The molecule has 0 atom stereocenters. The fraction of sp³-hybridized carbons (Fsp3) is 0.208. The zero-order valence-electron chi connectivity index (χ0n) is 16.8. The molecule has 3 aromatic rings. The molecule has 0 fully saturated rings. The van der Waals surface area contributed by atoms with Crippen LogP contribution < -0.4 is 20.1 Å². The van der Waals surface area contributed by atoms with Crippen LogP contribution in [-0.2, 0) is 4.79 Å². The zero-order valence-corrected chi connectivity index (χ0v) is 16.8. The van der Waals surface area contributed by atoms with Gasteiger partial charge in [-0.15, -0.1) is 0 Å². The number of aryl methyl sites for hydroxylation is 1. The number of ether oxygens (including phenoxy) is 2. The Bertz CT molecular complexity index is 925. The number of carbonyl (C=O) groups is 1. The number of amides is 1. The van der Waals surface area contributed by atoms with Gasteiger partial charge in [-0.05, 0) is 67.4 Å². The molecule has 29 heavy (non-hydrogen) atoms. The first-order chi connectivity index (χ1) is 14.1. The SMILES string of the molecule is Cc1cccc(NC(=O)CNc2ccc(OCCOc3ccccc3)cc2)c1C. The van der Waals surface area contributed by atoms with Crippen LogP contribution in [0.1, 0.15) is 11.1 Å². The lowest BCUT2D eigenvalue weighted by atomic mass is 10.1. The van der Waals surface area contributed by atoms with Gasteiger partial charge in [0.1, 0.15) is 24.7 Å². The van der Waals surface area contributed by atoms with E-state index in [0.717, 1.165) is 34.0 Å². The summed E-state index contributed by atoms with van der Waals surface area (Å²) in [6.07, 6.45) is 0. The number of hydrogen-bond donors (Lipinski definition) is 2. The van der Waals surface area contributed by atoms with Gasteiger partial charge in [-0.2, -0.15) is 0 Å². The van der Waals surface area contributed by atoms with Gasteiger partial charge in [0, 0.05) is 11.4 Å². The lowest BCUT2D eigenvalue weighted by molar-refractivity contribution is -0.114. The molecule has 5 nitrogen and oxygen atoms in total. The smallest absolute Gasteiger partial charge is 0.243 e. The second-order valence-electron chi connectivity index (χ2n) is 6.68. The largest absolute Gasteiger partial charge is 0.490 e. The van der Waals surface area contributed by atoms with Crippen molar-refractivity contribution in [2.45, 2.75) is 13.8 Å². The Labute approximate surface area is 171 Å². The molecule has 0 aromatic heterocycles. The summed E-state index contributed by atoms with van der Waals surface area (Å²) in [6, 6.07) is 23.0. The molecule has 0 saturated carbocycles. The number of benzene rings is 3. The van der Waals surface area contributed by atoms with Crippen molar-refractivity contribution in [2.75, 3.05) is 30.4 Å². The minimum absolute atomic E-state index is 0.0860. The van der Waals surface area contributed by atoms with Crippen LogP contribution in [0.3, 0.4) is 0 Å². The normalized spacial score (nSPS) is 10.3. The highest BCUT2D eigenvalue weighted by Crippen LogP contribution is 2.18. The minimum atomic E-state index is -0.0860. The first kappa shape index (κ1) is 20.3. The van der Waals surface area contributed by atoms with Crippen molar-refractivity contribution < 1.29 is 14.3 Å². The molecule has 0 heterocycles. The molecule has 0 aliphatic heterocycles. The van der Waals surface area contributed by atoms with Gasteiger partial charge in [0.25, 0.3) is 0 Å². The average molecular weight is 390 g/mol.